The van der Waals surface area contributed by atoms with E-state index in [1.165, 1.54) is 19.1 Å². The van der Waals surface area contributed by atoms with Crippen molar-refractivity contribution in [1.29, 1.82) is 0 Å². The third kappa shape index (κ3) is 3.93. The van der Waals surface area contributed by atoms with Crippen molar-refractivity contribution in [3.05, 3.63) is 58.7 Å². The molecule has 1 unspecified atom stereocenters. The summed E-state index contributed by atoms with van der Waals surface area (Å²) in [6.45, 7) is 8.93. The van der Waals surface area contributed by atoms with Crippen LogP contribution >= 0.6 is 0 Å². The predicted octanol–water partition coefficient (Wildman–Crippen LogP) is 5.65. The lowest BCUT2D eigenvalue weighted by molar-refractivity contribution is -0.138. The molecule has 7 heteroatoms. The minimum Gasteiger partial charge on any atom is -0.326 e. The molecule has 1 aliphatic heterocycles. The Kier molecular flexibility index (Phi) is 5.91. The molecule has 31 heavy (non-hydrogen) atoms. The Balaban J connectivity index is 1.95. The highest BCUT2D eigenvalue weighted by Crippen LogP contribution is 2.44. The van der Waals surface area contributed by atoms with Gasteiger partial charge in [0.15, 0.2) is 0 Å². The molecule has 0 aliphatic carbocycles. The van der Waals surface area contributed by atoms with Crippen LogP contribution in [0.2, 0.25) is 0 Å². The van der Waals surface area contributed by atoms with E-state index in [4.69, 9.17) is 0 Å². The molecule has 2 atom stereocenters. The van der Waals surface area contributed by atoms with Gasteiger partial charge >= 0.3 is 6.18 Å². The van der Waals surface area contributed by atoms with E-state index in [0.717, 1.165) is 22.9 Å². The fourth-order valence-corrected chi connectivity index (χ4v) is 4.50. The lowest BCUT2D eigenvalue weighted by Crippen LogP contribution is -2.42. The van der Waals surface area contributed by atoms with E-state index < -0.39 is 29.0 Å². The monoisotopic (exact) mass is 432 g/mol. The normalized spacial score (nSPS) is 21.5. The highest BCUT2D eigenvalue weighted by molar-refractivity contribution is 6.07. The zero-order chi connectivity index (χ0) is 23.1. The summed E-state index contributed by atoms with van der Waals surface area (Å²) in [5.41, 5.74) is 0.972. The number of para-hydroxylation sites is 1. The van der Waals surface area contributed by atoms with Crippen molar-refractivity contribution in [2.45, 2.75) is 47.2 Å². The summed E-state index contributed by atoms with van der Waals surface area (Å²) in [5.74, 6) is -1.21. The molecule has 2 aromatic rings. The molecule has 1 aliphatic rings. The number of halogens is 3. The van der Waals surface area contributed by atoms with E-state index in [1.807, 2.05) is 39.0 Å². The van der Waals surface area contributed by atoms with Crippen molar-refractivity contribution in [2.75, 3.05) is 16.8 Å². The number of amides is 2. The van der Waals surface area contributed by atoms with Crippen LogP contribution in [0, 0.1) is 32.1 Å². The summed E-state index contributed by atoms with van der Waals surface area (Å²) in [6.07, 6.45) is -4.13. The molecule has 0 radical (unpaired) electrons. The van der Waals surface area contributed by atoms with E-state index in [9.17, 15) is 22.8 Å². The first-order valence-corrected chi connectivity index (χ1v) is 10.3. The molecule has 0 aromatic heterocycles. The average molecular weight is 432 g/mol. The van der Waals surface area contributed by atoms with E-state index in [2.05, 4.69) is 5.32 Å². The molecule has 4 nitrogen and oxygen atoms in total. The number of carbonyl (C=O) groups excluding carboxylic acids is 2. The van der Waals surface area contributed by atoms with Gasteiger partial charge in [-0.25, -0.2) is 0 Å². The number of anilines is 2. The van der Waals surface area contributed by atoms with Crippen LogP contribution in [0.25, 0.3) is 0 Å². The first-order chi connectivity index (χ1) is 14.4. The molecular formula is C24H27F3N2O2. The van der Waals surface area contributed by atoms with Gasteiger partial charge in [-0.2, -0.15) is 13.2 Å². The number of aryl methyl sites for hydroxylation is 3. The van der Waals surface area contributed by atoms with Gasteiger partial charge in [0.05, 0.1) is 16.9 Å². The second kappa shape index (κ2) is 8.02. The molecule has 1 fully saturated rings. The van der Waals surface area contributed by atoms with Gasteiger partial charge in [-0.3, -0.25) is 9.59 Å². The lowest BCUT2D eigenvalue weighted by atomic mass is 9.75. The number of nitrogens with one attached hydrogen (secondary N) is 1. The van der Waals surface area contributed by atoms with Gasteiger partial charge in [0.1, 0.15) is 0 Å². The summed E-state index contributed by atoms with van der Waals surface area (Å²) in [5, 5.41) is 2.65. The highest BCUT2D eigenvalue weighted by Gasteiger charge is 2.54. The van der Waals surface area contributed by atoms with Gasteiger partial charge in [0.2, 0.25) is 11.8 Å². The van der Waals surface area contributed by atoms with Crippen LogP contribution in [0.5, 0.6) is 0 Å². The van der Waals surface area contributed by atoms with Gasteiger partial charge in [0.25, 0.3) is 0 Å². The quantitative estimate of drug-likeness (QED) is 0.679. The smallest absolute Gasteiger partial charge is 0.326 e. The Morgan fingerprint density at radius 3 is 2.29 bits per heavy atom. The molecule has 2 aromatic carbocycles. The number of hydrogen-bond acceptors (Lipinski definition) is 2. The zero-order valence-corrected chi connectivity index (χ0v) is 18.4. The van der Waals surface area contributed by atoms with Gasteiger partial charge in [-0.05, 0) is 56.0 Å². The van der Waals surface area contributed by atoms with Crippen molar-refractivity contribution < 1.29 is 22.8 Å². The second-order valence-corrected chi connectivity index (χ2v) is 8.38. The van der Waals surface area contributed by atoms with Crippen molar-refractivity contribution in [3.63, 3.8) is 0 Å². The Bertz CT molecular complexity index is 1010. The maximum absolute atomic E-state index is 13.3. The van der Waals surface area contributed by atoms with Crippen molar-refractivity contribution in [3.8, 4) is 0 Å². The van der Waals surface area contributed by atoms with Crippen molar-refractivity contribution in [1.82, 2.24) is 0 Å². The van der Waals surface area contributed by atoms with Crippen molar-refractivity contribution >= 4 is 23.2 Å². The van der Waals surface area contributed by atoms with E-state index in [0.29, 0.717) is 6.42 Å². The zero-order valence-electron chi connectivity index (χ0n) is 18.4. The van der Waals surface area contributed by atoms with E-state index >= 15 is 0 Å². The summed E-state index contributed by atoms with van der Waals surface area (Å²) < 4.78 is 39.8. The highest BCUT2D eigenvalue weighted by atomic mass is 19.4. The van der Waals surface area contributed by atoms with Crippen LogP contribution in [-0.4, -0.2) is 18.4 Å². The van der Waals surface area contributed by atoms with Crippen LogP contribution in [-0.2, 0) is 15.8 Å². The largest absolute Gasteiger partial charge is 0.416 e. The average Bonchev–Trinajstić information content (AvgIpc) is 2.94. The van der Waals surface area contributed by atoms with Crippen LogP contribution < -0.4 is 10.2 Å². The molecule has 1 heterocycles. The standard InChI is InChI=1S/C24H27F3N2O2/c1-6-23(22(31)28-18-11-10-14(2)19(12-18)24(25,26)27)13-29(21(30)17(23)5)20-15(3)8-7-9-16(20)4/h7-12,17H,6,13H2,1-5H3,(H,28,31)/t17?,23-/m1/s1. The summed E-state index contributed by atoms with van der Waals surface area (Å²) >= 11 is 0. The summed E-state index contributed by atoms with van der Waals surface area (Å²) in [4.78, 5) is 28.2. The fraction of sp³-hybridized carbons (Fsp3) is 0.417. The molecule has 166 valence electrons. The van der Waals surface area contributed by atoms with Crippen LogP contribution in [0.3, 0.4) is 0 Å². The number of hydrogen-bond donors (Lipinski definition) is 1. The maximum Gasteiger partial charge on any atom is 0.416 e. The summed E-state index contributed by atoms with van der Waals surface area (Å²) in [6, 6.07) is 9.48. The first kappa shape index (κ1) is 22.8. The molecule has 0 bridgehead atoms. The third-order valence-electron chi connectivity index (χ3n) is 6.50. The molecule has 1 N–H and O–H groups in total. The Morgan fingerprint density at radius 2 is 1.74 bits per heavy atom. The Morgan fingerprint density at radius 1 is 1.13 bits per heavy atom. The number of nitrogens with zero attached hydrogens (tertiary/aromatic N) is 1. The fourth-order valence-electron chi connectivity index (χ4n) is 4.50. The first-order valence-electron chi connectivity index (χ1n) is 10.3. The Hall–Kier alpha value is -2.83. The topological polar surface area (TPSA) is 49.4 Å². The third-order valence-corrected chi connectivity index (χ3v) is 6.50. The lowest BCUT2D eigenvalue weighted by Gasteiger charge is -2.30. The minimum absolute atomic E-state index is 0.0703. The molecule has 3 rings (SSSR count). The van der Waals surface area contributed by atoms with E-state index in [1.54, 1.807) is 11.8 Å². The molecule has 0 saturated carbocycles. The number of rotatable bonds is 4. The predicted molar refractivity (Wildman–Crippen MR) is 115 cm³/mol. The number of benzene rings is 2. The van der Waals surface area contributed by atoms with Crippen LogP contribution in [0.1, 0.15) is 42.5 Å². The molecule has 1 saturated heterocycles. The summed E-state index contributed by atoms with van der Waals surface area (Å²) in [7, 11) is 0. The van der Waals surface area contributed by atoms with Gasteiger partial charge in [-0.1, -0.05) is 38.1 Å². The maximum atomic E-state index is 13.3. The SMILES string of the molecule is CC[C@@]1(C(=O)Nc2ccc(C)c(C(F)(F)F)c2)CN(c2c(C)cccc2C)C(=O)C1C. The number of alkyl halides is 3. The van der Waals surface area contributed by atoms with E-state index in [-0.39, 0.29) is 23.7 Å². The Labute approximate surface area is 180 Å². The van der Waals surface area contributed by atoms with Gasteiger partial charge in [0, 0.05) is 17.9 Å². The number of carbonyl (C=O) groups is 2. The molecule has 2 amide bonds. The van der Waals surface area contributed by atoms with Gasteiger partial charge in [-0.15, -0.1) is 0 Å². The van der Waals surface area contributed by atoms with Crippen LogP contribution in [0.4, 0.5) is 24.5 Å². The van der Waals surface area contributed by atoms with Gasteiger partial charge < -0.3 is 10.2 Å². The molecule has 0 spiro atoms. The minimum atomic E-state index is -4.51. The second-order valence-electron chi connectivity index (χ2n) is 8.38. The van der Waals surface area contributed by atoms with Crippen LogP contribution in [0.15, 0.2) is 36.4 Å². The molecular weight excluding hydrogens is 405 g/mol. The van der Waals surface area contributed by atoms with Crippen molar-refractivity contribution in [2.24, 2.45) is 11.3 Å².